The molecular weight excluding hydrogens is 480 g/mol. The van der Waals surface area contributed by atoms with Crippen molar-refractivity contribution in [3.8, 4) is 5.88 Å². The molecule has 2 aromatic heterocycles. The zero-order valence-corrected chi connectivity index (χ0v) is 22.1. The quantitative estimate of drug-likeness (QED) is 0.290. The van der Waals surface area contributed by atoms with Gasteiger partial charge >= 0.3 is 6.01 Å². The second-order valence-corrected chi connectivity index (χ2v) is 8.73. The van der Waals surface area contributed by atoms with Crippen molar-refractivity contribution in [2.45, 2.75) is 32.8 Å². The van der Waals surface area contributed by atoms with Gasteiger partial charge in [-0.25, -0.2) is 4.98 Å². The second-order valence-electron chi connectivity index (χ2n) is 8.73. The highest BCUT2D eigenvalue weighted by molar-refractivity contribution is 6.05. The number of carbonyl (C=O) groups is 1. The van der Waals surface area contributed by atoms with Gasteiger partial charge in [-0.05, 0) is 37.5 Å². The monoisotopic (exact) mass is 512 g/mol. The molecule has 2 aromatic carbocycles. The van der Waals surface area contributed by atoms with E-state index in [0.29, 0.717) is 41.2 Å². The molecule has 2 heterocycles. The Hall–Kier alpha value is -4.43. The first-order valence-electron chi connectivity index (χ1n) is 12.4. The third-order valence-electron chi connectivity index (χ3n) is 6.46. The van der Waals surface area contributed by atoms with Crippen LogP contribution in [0.1, 0.15) is 46.7 Å². The molecule has 0 radical (unpaired) electrons. The topological polar surface area (TPSA) is 101 Å². The number of rotatable bonds is 10. The van der Waals surface area contributed by atoms with Gasteiger partial charge in [-0.1, -0.05) is 74.2 Å². The summed E-state index contributed by atoms with van der Waals surface area (Å²) < 4.78 is 10.8. The highest BCUT2D eigenvalue weighted by atomic mass is 16.5. The van der Waals surface area contributed by atoms with Crippen LogP contribution in [-0.4, -0.2) is 34.6 Å². The Morgan fingerprint density at radius 2 is 1.68 bits per heavy atom. The molecule has 0 saturated heterocycles. The van der Waals surface area contributed by atoms with Crippen LogP contribution >= 0.6 is 0 Å². The maximum absolute atomic E-state index is 13.3. The van der Waals surface area contributed by atoms with E-state index >= 15 is 0 Å². The number of hydrogen-bond acceptors (Lipinski definition) is 7. The third-order valence-corrected chi connectivity index (χ3v) is 6.46. The van der Waals surface area contributed by atoms with Crippen LogP contribution in [0, 0.1) is 6.92 Å². The molecule has 8 nitrogen and oxygen atoms in total. The van der Waals surface area contributed by atoms with Gasteiger partial charge < -0.3 is 19.2 Å². The van der Waals surface area contributed by atoms with Crippen LogP contribution in [0.2, 0.25) is 0 Å². The van der Waals surface area contributed by atoms with E-state index < -0.39 is 11.5 Å². The van der Waals surface area contributed by atoms with Gasteiger partial charge in [0, 0.05) is 6.54 Å². The number of ether oxygens (including phenoxy) is 1. The molecule has 0 atom stereocenters. The summed E-state index contributed by atoms with van der Waals surface area (Å²) in [5, 5.41) is 15.0. The minimum Gasteiger partial charge on any atom is -0.480 e. The zero-order valence-electron chi connectivity index (χ0n) is 22.1. The standard InChI is InChI=1S/C30H32N4O4/c1-6-24-19-38-29(32-24)33-27(35)25-18-26(20(3)31-28(25)37-5)34(7-2)21(4)30(36,22-14-10-8-11-15-22)23-16-12-9-13-17-23/h8-19,36H,4,6-7H2,1-3,5H3,(H,32,33,35). The van der Waals surface area contributed by atoms with Crippen molar-refractivity contribution in [2.75, 3.05) is 23.9 Å². The zero-order chi connectivity index (χ0) is 27.3. The van der Waals surface area contributed by atoms with Gasteiger partial charge in [0.2, 0.25) is 5.88 Å². The Bertz CT molecular complexity index is 1380. The van der Waals surface area contributed by atoms with Gasteiger partial charge in [-0.2, -0.15) is 4.98 Å². The molecule has 0 saturated carbocycles. The van der Waals surface area contributed by atoms with Crippen LogP contribution in [-0.2, 0) is 12.0 Å². The minimum atomic E-state index is -1.54. The van der Waals surface area contributed by atoms with Gasteiger partial charge in [-0.3, -0.25) is 10.1 Å². The Kier molecular flexibility index (Phi) is 7.93. The normalized spacial score (nSPS) is 11.2. The van der Waals surface area contributed by atoms with Gasteiger partial charge in [0.05, 0.1) is 29.9 Å². The third kappa shape index (κ3) is 5.03. The second kappa shape index (κ2) is 11.3. The van der Waals surface area contributed by atoms with E-state index in [-0.39, 0.29) is 17.5 Å². The largest absolute Gasteiger partial charge is 0.480 e. The van der Waals surface area contributed by atoms with E-state index in [1.807, 2.05) is 86.3 Å². The lowest BCUT2D eigenvalue weighted by Crippen LogP contribution is -2.39. The summed E-state index contributed by atoms with van der Waals surface area (Å²) in [5.74, 6) is -0.322. The van der Waals surface area contributed by atoms with Crippen LogP contribution < -0.4 is 15.0 Å². The summed E-state index contributed by atoms with van der Waals surface area (Å²) in [6, 6.07) is 20.5. The van der Waals surface area contributed by atoms with Crippen molar-refractivity contribution in [3.63, 3.8) is 0 Å². The number of nitrogens with one attached hydrogen (secondary N) is 1. The number of hydrogen-bond donors (Lipinski definition) is 2. The van der Waals surface area contributed by atoms with Gasteiger partial charge in [0.15, 0.2) is 5.60 Å². The number of likely N-dealkylation sites (N-methyl/N-ethyl adjacent to an activating group) is 1. The first kappa shape index (κ1) is 26.6. The smallest absolute Gasteiger partial charge is 0.301 e. The highest BCUT2D eigenvalue weighted by Crippen LogP contribution is 2.40. The van der Waals surface area contributed by atoms with Crippen LogP contribution in [0.4, 0.5) is 11.7 Å². The van der Waals surface area contributed by atoms with Crippen molar-refractivity contribution in [1.82, 2.24) is 9.97 Å². The molecule has 0 aliphatic heterocycles. The van der Waals surface area contributed by atoms with E-state index in [0.717, 1.165) is 5.69 Å². The number of benzene rings is 2. The number of oxazole rings is 1. The minimum absolute atomic E-state index is 0.0929. The number of aromatic nitrogens is 2. The number of aryl methyl sites for hydroxylation is 2. The Balaban J connectivity index is 1.78. The molecule has 38 heavy (non-hydrogen) atoms. The van der Waals surface area contributed by atoms with Crippen LogP contribution in [0.25, 0.3) is 0 Å². The number of aliphatic hydroxyl groups is 1. The Labute approximate surface area is 222 Å². The average molecular weight is 513 g/mol. The summed E-state index contributed by atoms with van der Waals surface area (Å²) in [6.45, 7) is 10.5. The highest BCUT2D eigenvalue weighted by Gasteiger charge is 2.38. The summed E-state index contributed by atoms with van der Waals surface area (Å²) in [4.78, 5) is 23.9. The van der Waals surface area contributed by atoms with Crippen molar-refractivity contribution in [2.24, 2.45) is 0 Å². The number of nitrogens with zero attached hydrogens (tertiary/aromatic N) is 3. The molecule has 0 unspecified atom stereocenters. The van der Waals surface area contributed by atoms with Gasteiger partial charge in [0.25, 0.3) is 5.91 Å². The average Bonchev–Trinajstić information content (AvgIpc) is 3.41. The fourth-order valence-electron chi connectivity index (χ4n) is 4.42. The van der Waals surface area contributed by atoms with Crippen molar-refractivity contribution in [3.05, 3.63) is 113 Å². The molecular formula is C30H32N4O4. The predicted octanol–water partition coefficient (Wildman–Crippen LogP) is 5.48. The maximum Gasteiger partial charge on any atom is 0.301 e. The molecule has 196 valence electrons. The first-order valence-corrected chi connectivity index (χ1v) is 12.4. The lowest BCUT2D eigenvalue weighted by molar-refractivity contribution is 0.102. The van der Waals surface area contributed by atoms with Crippen LogP contribution in [0.5, 0.6) is 5.88 Å². The number of pyridine rings is 1. The maximum atomic E-state index is 13.3. The molecule has 0 aliphatic rings. The Morgan fingerprint density at radius 3 is 2.18 bits per heavy atom. The Morgan fingerprint density at radius 1 is 1.08 bits per heavy atom. The molecule has 1 amide bonds. The number of carbonyl (C=O) groups excluding carboxylic acids is 1. The fourth-order valence-corrected chi connectivity index (χ4v) is 4.42. The van der Waals surface area contributed by atoms with E-state index in [9.17, 15) is 9.90 Å². The summed E-state index contributed by atoms with van der Waals surface area (Å²) in [7, 11) is 1.46. The van der Waals surface area contributed by atoms with Crippen molar-refractivity contribution in [1.29, 1.82) is 0 Å². The van der Waals surface area contributed by atoms with Crippen molar-refractivity contribution < 1.29 is 19.1 Å². The van der Waals surface area contributed by atoms with Crippen molar-refractivity contribution >= 4 is 17.6 Å². The lowest BCUT2D eigenvalue weighted by Gasteiger charge is -2.38. The van der Waals surface area contributed by atoms with E-state index in [1.54, 1.807) is 6.07 Å². The first-order chi connectivity index (χ1) is 18.3. The number of anilines is 2. The predicted molar refractivity (Wildman–Crippen MR) is 147 cm³/mol. The molecule has 2 N–H and O–H groups in total. The summed E-state index contributed by atoms with van der Waals surface area (Å²) >= 11 is 0. The summed E-state index contributed by atoms with van der Waals surface area (Å²) in [5.41, 5.74) is 2.35. The molecule has 0 fully saturated rings. The number of amides is 1. The van der Waals surface area contributed by atoms with E-state index in [2.05, 4.69) is 21.9 Å². The molecule has 0 aliphatic carbocycles. The van der Waals surface area contributed by atoms with E-state index in [4.69, 9.17) is 9.15 Å². The fraction of sp³-hybridized carbons (Fsp3) is 0.233. The van der Waals surface area contributed by atoms with Crippen LogP contribution in [0.3, 0.4) is 0 Å². The molecule has 0 spiro atoms. The van der Waals surface area contributed by atoms with Crippen LogP contribution in [0.15, 0.2) is 89.7 Å². The SMILES string of the molecule is C=C(N(CC)c1cc(C(=O)Nc2nc(CC)co2)c(OC)nc1C)C(O)(c1ccccc1)c1ccccc1. The molecule has 4 rings (SSSR count). The van der Waals surface area contributed by atoms with E-state index in [1.165, 1.54) is 13.4 Å². The van der Waals surface area contributed by atoms with Gasteiger partial charge in [0.1, 0.15) is 11.8 Å². The summed E-state index contributed by atoms with van der Waals surface area (Å²) in [6.07, 6.45) is 2.18. The number of methoxy groups -OCH3 is 1. The molecule has 4 aromatic rings. The van der Waals surface area contributed by atoms with Gasteiger partial charge in [-0.15, -0.1) is 0 Å². The molecule has 0 bridgehead atoms. The molecule has 8 heteroatoms. The lowest BCUT2D eigenvalue weighted by atomic mass is 9.83.